The van der Waals surface area contributed by atoms with Crippen molar-refractivity contribution >= 4 is 17.4 Å². The standard InChI is InChI=1S/C25H29N3O2S/c1-5-28-18(4)20(17(3)26-28)14-27-11-10-24(31-25-12-16(2)6-8-21(25)27)19-7-9-22-23(13-19)30-15-29-22/h6-9,12-13,24H,5,10-11,14-15H2,1-4H3/t24-/m0/s1. The van der Waals surface area contributed by atoms with Gasteiger partial charge in [0.25, 0.3) is 0 Å². The zero-order chi connectivity index (χ0) is 21.5. The van der Waals surface area contributed by atoms with Gasteiger partial charge in [-0.15, -0.1) is 11.8 Å². The minimum absolute atomic E-state index is 0.316. The van der Waals surface area contributed by atoms with Gasteiger partial charge in [0.1, 0.15) is 0 Å². The van der Waals surface area contributed by atoms with Crippen molar-refractivity contribution in [1.29, 1.82) is 0 Å². The predicted molar refractivity (Wildman–Crippen MR) is 125 cm³/mol. The largest absolute Gasteiger partial charge is 0.454 e. The lowest BCUT2D eigenvalue weighted by Gasteiger charge is -2.25. The Morgan fingerprint density at radius 2 is 1.90 bits per heavy atom. The van der Waals surface area contributed by atoms with E-state index in [1.807, 2.05) is 17.8 Å². The molecule has 5 rings (SSSR count). The number of aromatic nitrogens is 2. The summed E-state index contributed by atoms with van der Waals surface area (Å²) in [4.78, 5) is 3.88. The number of thioether (sulfide) groups is 1. The number of nitrogens with zero attached hydrogens (tertiary/aromatic N) is 3. The molecule has 2 aliphatic heterocycles. The highest BCUT2D eigenvalue weighted by Crippen LogP contribution is 2.47. The van der Waals surface area contributed by atoms with Gasteiger partial charge >= 0.3 is 0 Å². The molecule has 5 nitrogen and oxygen atoms in total. The third-order valence-electron chi connectivity index (χ3n) is 6.33. The molecule has 0 unspecified atom stereocenters. The lowest BCUT2D eigenvalue weighted by Crippen LogP contribution is -2.24. The molecule has 2 aromatic carbocycles. The SMILES string of the molecule is CCn1nc(C)c(CN2CC[C@@H](c3ccc4c(c3)OCO4)Sc3cc(C)ccc32)c1C. The molecule has 162 valence electrons. The lowest BCUT2D eigenvalue weighted by molar-refractivity contribution is 0.174. The minimum atomic E-state index is 0.316. The maximum atomic E-state index is 5.64. The van der Waals surface area contributed by atoms with E-state index in [-0.39, 0.29) is 0 Å². The Labute approximate surface area is 188 Å². The summed E-state index contributed by atoms with van der Waals surface area (Å²) in [7, 11) is 0. The van der Waals surface area contributed by atoms with Crippen LogP contribution in [0.3, 0.4) is 0 Å². The van der Waals surface area contributed by atoms with E-state index in [1.165, 1.54) is 33.0 Å². The van der Waals surface area contributed by atoms with E-state index in [4.69, 9.17) is 14.6 Å². The molecular formula is C25H29N3O2S. The van der Waals surface area contributed by atoms with Crippen LogP contribution < -0.4 is 14.4 Å². The average molecular weight is 436 g/mol. The quantitative estimate of drug-likeness (QED) is 0.518. The molecule has 0 amide bonds. The molecule has 0 saturated carbocycles. The van der Waals surface area contributed by atoms with E-state index < -0.39 is 0 Å². The van der Waals surface area contributed by atoms with Crippen LogP contribution in [-0.4, -0.2) is 23.1 Å². The Morgan fingerprint density at radius 1 is 1.06 bits per heavy atom. The molecule has 2 aliphatic rings. The van der Waals surface area contributed by atoms with Gasteiger partial charge in [-0.3, -0.25) is 4.68 Å². The first-order chi connectivity index (χ1) is 15.0. The molecule has 3 aromatic rings. The number of hydrogen-bond acceptors (Lipinski definition) is 5. The Kier molecular flexibility index (Phi) is 5.34. The number of rotatable bonds is 4. The summed E-state index contributed by atoms with van der Waals surface area (Å²) in [5.74, 6) is 1.71. The third kappa shape index (κ3) is 3.78. The first kappa shape index (κ1) is 20.3. The van der Waals surface area contributed by atoms with Crippen molar-refractivity contribution in [2.24, 2.45) is 0 Å². The minimum Gasteiger partial charge on any atom is -0.454 e. The molecule has 0 spiro atoms. The average Bonchev–Trinajstić information content (AvgIpc) is 3.28. The lowest BCUT2D eigenvalue weighted by atomic mass is 10.1. The van der Waals surface area contributed by atoms with Gasteiger partial charge in [0.15, 0.2) is 11.5 Å². The van der Waals surface area contributed by atoms with Crippen molar-refractivity contribution in [3.63, 3.8) is 0 Å². The fourth-order valence-corrected chi connectivity index (χ4v) is 5.94. The second kappa shape index (κ2) is 8.15. The number of fused-ring (bicyclic) bond motifs is 2. The summed E-state index contributed by atoms with van der Waals surface area (Å²) >= 11 is 1.96. The van der Waals surface area contributed by atoms with Gasteiger partial charge in [0.2, 0.25) is 6.79 Å². The Morgan fingerprint density at radius 3 is 2.71 bits per heavy atom. The molecule has 0 aliphatic carbocycles. The molecule has 0 fully saturated rings. The van der Waals surface area contributed by atoms with Crippen LogP contribution in [0.4, 0.5) is 5.69 Å². The van der Waals surface area contributed by atoms with Gasteiger partial charge in [0.05, 0.1) is 11.4 Å². The van der Waals surface area contributed by atoms with Crippen LogP contribution in [0.1, 0.15) is 46.7 Å². The summed E-state index contributed by atoms with van der Waals surface area (Å²) in [6.07, 6.45) is 1.07. The number of hydrogen-bond donors (Lipinski definition) is 0. The highest BCUT2D eigenvalue weighted by Gasteiger charge is 2.26. The summed E-state index contributed by atoms with van der Waals surface area (Å²) in [6.45, 7) is 11.8. The normalized spacial score (nSPS) is 17.5. The number of anilines is 1. The predicted octanol–water partition coefficient (Wildman–Crippen LogP) is 5.80. The monoisotopic (exact) mass is 435 g/mol. The van der Waals surface area contributed by atoms with Crippen molar-refractivity contribution in [1.82, 2.24) is 9.78 Å². The van der Waals surface area contributed by atoms with Crippen molar-refractivity contribution in [3.8, 4) is 11.5 Å². The molecule has 6 heteroatoms. The summed E-state index contributed by atoms with van der Waals surface area (Å²) < 4.78 is 13.3. The van der Waals surface area contributed by atoms with Gasteiger partial charge in [-0.05, 0) is 69.5 Å². The molecule has 0 N–H and O–H groups in total. The molecule has 1 aromatic heterocycles. The van der Waals surface area contributed by atoms with Crippen molar-refractivity contribution in [3.05, 3.63) is 64.5 Å². The maximum Gasteiger partial charge on any atom is 0.231 e. The first-order valence-electron chi connectivity index (χ1n) is 11.0. The molecule has 31 heavy (non-hydrogen) atoms. The molecular weight excluding hydrogens is 406 g/mol. The van der Waals surface area contributed by atoms with Crippen LogP contribution in [0.15, 0.2) is 41.3 Å². The molecule has 3 heterocycles. The molecule has 0 radical (unpaired) electrons. The van der Waals surface area contributed by atoms with Crippen LogP contribution >= 0.6 is 11.8 Å². The molecule has 0 bridgehead atoms. The second-order valence-corrected chi connectivity index (χ2v) is 9.61. The van der Waals surface area contributed by atoms with E-state index in [9.17, 15) is 0 Å². The molecule has 0 saturated heterocycles. The number of aryl methyl sites for hydroxylation is 3. The second-order valence-electron chi connectivity index (χ2n) is 8.37. The van der Waals surface area contributed by atoms with E-state index >= 15 is 0 Å². The zero-order valence-electron chi connectivity index (χ0n) is 18.6. The highest BCUT2D eigenvalue weighted by molar-refractivity contribution is 7.99. The summed E-state index contributed by atoms with van der Waals surface area (Å²) in [6, 6.07) is 13.2. The van der Waals surface area contributed by atoms with Crippen molar-refractivity contribution < 1.29 is 9.47 Å². The first-order valence-corrected chi connectivity index (χ1v) is 11.9. The van der Waals surface area contributed by atoms with E-state index in [0.29, 0.717) is 12.0 Å². The highest BCUT2D eigenvalue weighted by atomic mass is 32.2. The van der Waals surface area contributed by atoms with Crippen LogP contribution in [0, 0.1) is 20.8 Å². The van der Waals surface area contributed by atoms with Gasteiger partial charge in [0, 0.05) is 41.0 Å². The van der Waals surface area contributed by atoms with Gasteiger partial charge in [-0.2, -0.15) is 5.10 Å². The van der Waals surface area contributed by atoms with Crippen LogP contribution in [0.5, 0.6) is 11.5 Å². The smallest absolute Gasteiger partial charge is 0.231 e. The number of benzene rings is 2. The van der Waals surface area contributed by atoms with Crippen LogP contribution in [0.25, 0.3) is 0 Å². The van der Waals surface area contributed by atoms with E-state index in [2.05, 4.69) is 67.6 Å². The Bertz CT molecular complexity index is 1120. The third-order valence-corrected chi connectivity index (χ3v) is 7.71. The van der Waals surface area contributed by atoms with Crippen molar-refractivity contribution in [2.75, 3.05) is 18.2 Å². The summed E-state index contributed by atoms with van der Waals surface area (Å²) in [5, 5.41) is 5.12. The fraction of sp³-hybridized carbons (Fsp3) is 0.400. The van der Waals surface area contributed by atoms with E-state index in [1.54, 1.807) is 0 Å². The van der Waals surface area contributed by atoms with Gasteiger partial charge in [-0.1, -0.05) is 12.1 Å². The topological polar surface area (TPSA) is 39.5 Å². The van der Waals surface area contributed by atoms with Crippen molar-refractivity contribution in [2.45, 2.75) is 57.4 Å². The Balaban J connectivity index is 1.48. The molecule has 1 atom stereocenters. The fourth-order valence-electron chi connectivity index (χ4n) is 4.56. The summed E-state index contributed by atoms with van der Waals surface area (Å²) in [5.41, 5.74) is 7.68. The maximum absolute atomic E-state index is 5.64. The zero-order valence-corrected chi connectivity index (χ0v) is 19.5. The van der Waals surface area contributed by atoms with Gasteiger partial charge < -0.3 is 14.4 Å². The van der Waals surface area contributed by atoms with Crippen LogP contribution in [0.2, 0.25) is 0 Å². The van der Waals surface area contributed by atoms with Crippen LogP contribution in [-0.2, 0) is 13.1 Å². The van der Waals surface area contributed by atoms with Gasteiger partial charge in [-0.25, -0.2) is 0 Å². The van der Waals surface area contributed by atoms with E-state index in [0.717, 1.165) is 43.2 Å². The Hall–Kier alpha value is -2.60. The number of ether oxygens (including phenoxy) is 2.